The largest absolute Gasteiger partial charge is 0.416 e. The summed E-state index contributed by atoms with van der Waals surface area (Å²) >= 11 is 5.98. The van der Waals surface area contributed by atoms with Gasteiger partial charge in [-0.25, -0.2) is 0 Å². The minimum absolute atomic E-state index is 0.0297. The smallest absolute Gasteiger partial charge is 0.381 e. The predicted octanol–water partition coefficient (Wildman–Crippen LogP) is 2.78. The number of rotatable bonds is 2. The second-order valence-corrected chi connectivity index (χ2v) is 6.41. The second kappa shape index (κ2) is 6.20. The molecule has 1 aliphatic heterocycles. The van der Waals surface area contributed by atoms with E-state index in [1.54, 1.807) is 0 Å². The second-order valence-electron chi connectivity index (χ2n) is 6.00. The van der Waals surface area contributed by atoms with Gasteiger partial charge in [0.25, 0.3) is 5.91 Å². The van der Waals surface area contributed by atoms with E-state index < -0.39 is 17.3 Å². The predicted molar refractivity (Wildman–Crippen MR) is 81.5 cm³/mol. The van der Waals surface area contributed by atoms with Gasteiger partial charge in [-0.2, -0.15) is 13.2 Å². The third-order valence-electron chi connectivity index (χ3n) is 3.71. The van der Waals surface area contributed by atoms with Crippen LogP contribution in [0.1, 0.15) is 19.4 Å². The van der Waals surface area contributed by atoms with Crippen LogP contribution in [0.25, 0.3) is 0 Å². The molecular formula is C15H18ClF3N2O2. The van der Waals surface area contributed by atoms with Crippen molar-refractivity contribution in [1.82, 2.24) is 4.90 Å². The molecule has 0 aromatic heterocycles. The summed E-state index contributed by atoms with van der Waals surface area (Å²) in [5.41, 5.74) is -1.72. The normalized spacial score (nSPS) is 16.7. The number of halogens is 4. The Morgan fingerprint density at radius 2 is 1.74 bits per heavy atom. The van der Waals surface area contributed by atoms with Crippen LogP contribution in [0, 0.1) is 0 Å². The van der Waals surface area contributed by atoms with Gasteiger partial charge in [-0.3, -0.25) is 4.79 Å². The lowest BCUT2D eigenvalue weighted by atomic mass is 10.1. The maximum absolute atomic E-state index is 12.7. The highest BCUT2D eigenvalue weighted by atomic mass is 35.5. The summed E-state index contributed by atoms with van der Waals surface area (Å²) in [6.45, 7) is 4.48. The van der Waals surface area contributed by atoms with Gasteiger partial charge in [-0.05, 0) is 32.0 Å². The third-order valence-corrected chi connectivity index (χ3v) is 4.01. The Kier molecular flexibility index (Phi) is 4.82. The molecule has 1 aromatic rings. The topological polar surface area (TPSA) is 43.8 Å². The molecule has 0 unspecified atom stereocenters. The van der Waals surface area contributed by atoms with Crippen LogP contribution >= 0.6 is 11.6 Å². The van der Waals surface area contributed by atoms with Gasteiger partial charge < -0.3 is 14.9 Å². The molecule has 8 heteroatoms. The van der Waals surface area contributed by atoms with E-state index >= 15 is 0 Å². The highest BCUT2D eigenvalue weighted by Gasteiger charge is 2.33. The number of piperazine rings is 1. The lowest BCUT2D eigenvalue weighted by Gasteiger charge is -2.38. The number of anilines is 1. The summed E-state index contributed by atoms with van der Waals surface area (Å²) in [5, 5.41) is 9.77. The van der Waals surface area contributed by atoms with E-state index in [0.717, 1.165) is 12.1 Å². The standard InChI is InChI=1S/C15H18ClF3N2O2/c1-14(2,23)13(22)21-7-5-20(6-8-21)12-4-3-10(9-11(12)16)15(17,18)19/h3-4,9,23H,5-8H2,1-2H3. The quantitative estimate of drug-likeness (QED) is 0.892. The van der Waals surface area contributed by atoms with Crippen LogP contribution in [0.5, 0.6) is 0 Å². The van der Waals surface area contributed by atoms with Crippen molar-refractivity contribution >= 4 is 23.2 Å². The molecule has 4 nitrogen and oxygen atoms in total. The van der Waals surface area contributed by atoms with E-state index in [1.807, 2.05) is 4.90 Å². The molecule has 1 N–H and O–H groups in total. The fraction of sp³-hybridized carbons (Fsp3) is 0.533. The maximum Gasteiger partial charge on any atom is 0.416 e. The Hall–Kier alpha value is -1.47. The Morgan fingerprint density at radius 3 is 2.17 bits per heavy atom. The highest BCUT2D eigenvalue weighted by molar-refractivity contribution is 6.33. The molecule has 1 aromatic carbocycles. The van der Waals surface area contributed by atoms with E-state index in [1.165, 1.54) is 24.8 Å². The molecule has 128 valence electrons. The van der Waals surface area contributed by atoms with Crippen molar-refractivity contribution in [3.8, 4) is 0 Å². The zero-order valence-electron chi connectivity index (χ0n) is 12.8. The average molecular weight is 351 g/mol. The number of hydrogen-bond donors (Lipinski definition) is 1. The Bertz CT molecular complexity index is 591. The summed E-state index contributed by atoms with van der Waals surface area (Å²) < 4.78 is 38.0. The number of nitrogens with zero attached hydrogens (tertiary/aromatic N) is 2. The summed E-state index contributed by atoms with van der Waals surface area (Å²) in [6, 6.07) is 3.25. The minimum atomic E-state index is -4.43. The lowest BCUT2D eigenvalue weighted by Crippen LogP contribution is -2.54. The van der Waals surface area contributed by atoms with E-state index in [0.29, 0.717) is 31.9 Å². The summed E-state index contributed by atoms with van der Waals surface area (Å²) in [4.78, 5) is 15.4. The van der Waals surface area contributed by atoms with Gasteiger partial charge in [0, 0.05) is 26.2 Å². The van der Waals surface area contributed by atoms with Gasteiger partial charge >= 0.3 is 6.18 Å². The molecular weight excluding hydrogens is 333 g/mol. The van der Waals surface area contributed by atoms with Crippen molar-refractivity contribution in [1.29, 1.82) is 0 Å². The van der Waals surface area contributed by atoms with Crippen molar-refractivity contribution in [3.63, 3.8) is 0 Å². The first-order valence-corrected chi connectivity index (χ1v) is 7.51. The van der Waals surface area contributed by atoms with Crippen LogP contribution < -0.4 is 4.90 Å². The first-order valence-electron chi connectivity index (χ1n) is 7.13. The van der Waals surface area contributed by atoms with Crippen molar-refractivity contribution in [2.45, 2.75) is 25.6 Å². The zero-order valence-corrected chi connectivity index (χ0v) is 13.6. The van der Waals surface area contributed by atoms with Crippen molar-refractivity contribution in [2.24, 2.45) is 0 Å². The molecule has 23 heavy (non-hydrogen) atoms. The average Bonchev–Trinajstić information content (AvgIpc) is 2.45. The van der Waals surface area contributed by atoms with Gasteiger partial charge in [0.1, 0.15) is 5.60 Å². The molecule has 0 spiro atoms. The molecule has 0 bridgehead atoms. The van der Waals surface area contributed by atoms with Crippen molar-refractivity contribution in [2.75, 3.05) is 31.1 Å². The minimum Gasteiger partial charge on any atom is -0.381 e. The summed E-state index contributed by atoms with van der Waals surface area (Å²) in [7, 11) is 0. The van der Waals surface area contributed by atoms with Gasteiger partial charge in [0.2, 0.25) is 0 Å². The van der Waals surface area contributed by atoms with Crippen LogP contribution in [0.2, 0.25) is 5.02 Å². The van der Waals surface area contributed by atoms with E-state index in [9.17, 15) is 23.1 Å². The third kappa shape index (κ3) is 4.09. The maximum atomic E-state index is 12.7. The number of carbonyl (C=O) groups excluding carboxylic acids is 1. The van der Waals surface area contributed by atoms with Gasteiger partial charge in [-0.1, -0.05) is 11.6 Å². The Morgan fingerprint density at radius 1 is 1.17 bits per heavy atom. The zero-order chi connectivity index (χ0) is 17.4. The first kappa shape index (κ1) is 17.9. The van der Waals surface area contributed by atoms with Gasteiger partial charge in [0.15, 0.2) is 0 Å². The number of hydrogen-bond acceptors (Lipinski definition) is 3. The van der Waals surface area contributed by atoms with Crippen LogP contribution in [-0.4, -0.2) is 47.7 Å². The van der Waals surface area contributed by atoms with Gasteiger partial charge in [0.05, 0.1) is 16.3 Å². The Balaban J connectivity index is 2.08. The molecule has 0 radical (unpaired) electrons. The van der Waals surface area contributed by atoms with E-state index in [-0.39, 0.29) is 10.9 Å². The molecule has 0 atom stereocenters. The van der Waals surface area contributed by atoms with Crippen LogP contribution in [0.3, 0.4) is 0 Å². The lowest BCUT2D eigenvalue weighted by molar-refractivity contribution is -0.148. The first-order chi connectivity index (χ1) is 10.5. The molecule has 1 saturated heterocycles. The van der Waals surface area contributed by atoms with Crippen LogP contribution in [0.15, 0.2) is 18.2 Å². The highest BCUT2D eigenvalue weighted by Crippen LogP contribution is 2.35. The van der Waals surface area contributed by atoms with Crippen LogP contribution in [0.4, 0.5) is 18.9 Å². The van der Waals surface area contributed by atoms with Crippen molar-refractivity contribution < 1.29 is 23.1 Å². The summed E-state index contributed by atoms with van der Waals surface area (Å²) in [5.74, 6) is -0.365. The molecule has 2 rings (SSSR count). The van der Waals surface area contributed by atoms with Crippen molar-refractivity contribution in [3.05, 3.63) is 28.8 Å². The van der Waals surface area contributed by atoms with Crippen LogP contribution in [-0.2, 0) is 11.0 Å². The van der Waals surface area contributed by atoms with E-state index in [4.69, 9.17) is 11.6 Å². The number of benzene rings is 1. The molecule has 1 heterocycles. The summed E-state index contributed by atoms with van der Waals surface area (Å²) in [6.07, 6.45) is -4.43. The molecule has 1 aliphatic rings. The molecule has 1 fully saturated rings. The number of aliphatic hydroxyl groups is 1. The molecule has 0 saturated carbocycles. The fourth-order valence-electron chi connectivity index (χ4n) is 2.48. The van der Waals surface area contributed by atoms with Gasteiger partial charge in [-0.15, -0.1) is 0 Å². The number of alkyl halides is 3. The SMILES string of the molecule is CC(C)(O)C(=O)N1CCN(c2ccc(C(F)(F)F)cc2Cl)CC1. The fourth-order valence-corrected chi connectivity index (χ4v) is 2.78. The Labute approximate surface area is 137 Å². The number of carbonyl (C=O) groups is 1. The van der Waals surface area contributed by atoms with E-state index in [2.05, 4.69) is 0 Å². The molecule has 0 aliphatic carbocycles. The molecule has 1 amide bonds. The monoisotopic (exact) mass is 350 g/mol. The number of amides is 1.